The summed E-state index contributed by atoms with van der Waals surface area (Å²) in [6.45, 7) is 0.656. The lowest BCUT2D eigenvalue weighted by Gasteiger charge is -2.16. The first kappa shape index (κ1) is 13.5. The SMILES string of the molecule is Cn1cnc2c(Br)cnc(N[C@H]3COC[C@@H]3O)c2c1=O. The second-order valence-corrected chi connectivity index (χ2v) is 5.55. The van der Waals surface area contributed by atoms with E-state index in [-0.39, 0.29) is 18.2 Å². The molecule has 0 spiro atoms. The Morgan fingerprint density at radius 1 is 1.50 bits per heavy atom. The number of rotatable bonds is 2. The van der Waals surface area contributed by atoms with Gasteiger partial charge in [0.2, 0.25) is 0 Å². The summed E-state index contributed by atoms with van der Waals surface area (Å²) < 4.78 is 7.23. The van der Waals surface area contributed by atoms with Crippen molar-refractivity contribution in [1.82, 2.24) is 14.5 Å². The Morgan fingerprint density at radius 3 is 3.00 bits per heavy atom. The molecule has 1 saturated heterocycles. The van der Waals surface area contributed by atoms with Crippen LogP contribution in [0.5, 0.6) is 0 Å². The second-order valence-electron chi connectivity index (χ2n) is 4.69. The molecule has 3 rings (SSSR count). The van der Waals surface area contributed by atoms with Crippen LogP contribution in [-0.2, 0) is 11.8 Å². The van der Waals surface area contributed by atoms with Gasteiger partial charge in [-0.25, -0.2) is 9.97 Å². The number of anilines is 1. The van der Waals surface area contributed by atoms with Crippen LogP contribution in [-0.4, -0.2) is 45.0 Å². The Hall–Kier alpha value is -1.51. The number of hydrogen-bond donors (Lipinski definition) is 2. The minimum absolute atomic E-state index is 0.195. The van der Waals surface area contributed by atoms with Gasteiger partial charge in [-0.05, 0) is 15.9 Å². The Morgan fingerprint density at radius 2 is 2.30 bits per heavy atom. The highest BCUT2D eigenvalue weighted by atomic mass is 79.9. The van der Waals surface area contributed by atoms with Crippen molar-refractivity contribution in [3.63, 3.8) is 0 Å². The molecule has 106 valence electrons. The molecule has 2 aromatic rings. The molecule has 1 aliphatic heterocycles. The molecule has 2 N–H and O–H groups in total. The molecule has 1 fully saturated rings. The highest BCUT2D eigenvalue weighted by Crippen LogP contribution is 2.24. The van der Waals surface area contributed by atoms with Crippen LogP contribution in [0.1, 0.15) is 0 Å². The Bertz CT molecular complexity index is 718. The standard InChI is InChI=1S/C12H13BrN4O3/c1-17-5-15-10-6(13)2-14-11(9(10)12(17)19)16-7-3-20-4-8(7)18/h2,5,7-8,18H,3-4H2,1H3,(H,14,16)/t7-,8-/m0/s1. The minimum Gasteiger partial charge on any atom is -0.388 e. The molecule has 0 radical (unpaired) electrons. The molecule has 0 amide bonds. The molecule has 0 saturated carbocycles. The third-order valence-electron chi connectivity index (χ3n) is 3.27. The Kier molecular flexibility index (Phi) is 3.45. The molecule has 1 aliphatic rings. The van der Waals surface area contributed by atoms with Gasteiger partial charge in [0.25, 0.3) is 5.56 Å². The smallest absolute Gasteiger partial charge is 0.264 e. The van der Waals surface area contributed by atoms with Gasteiger partial charge in [-0.1, -0.05) is 0 Å². The summed E-state index contributed by atoms with van der Waals surface area (Å²) in [5, 5.41) is 13.2. The third kappa shape index (κ3) is 2.19. The van der Waals surface area contributed by atoms with E-state index in [1.807, 2.05) is 0 Å². The van der Waals surface area contributed by atoms with Crippen molar-refractivity contribution in [2.24, 2.45) is 7.05 Å². The summed E-state index contributed by atoms with van der Waals surface area (Å²) in [6, 6.07) is -0.281. The van der Waals surface area contributed by atoms with Gasteiger partial charge in [0.1, 0.15) is 11.2 Å². The predicted molar refractivity (Wildman–Crippen MR) is 76.7 cm³/mol. The van der Waals surface area contributed by atoms with Crippen LogP contribution in [0.2, 0.25) is 0 Å². The molecule has 2 atom stereocenters. The number of fused-ring (bicyclic) bond motifs is 1. The Labute approximate surface area is 122 Å². The van der Waals surface area contributed by atoms with Gasteiger partial charge >= 0.3 is 0 Å². The first-order valence-electron chi connectivity index (χ1n) is 6.10. The van der Waals surface area contributed by atoms with Crippen molar-refractivity contribution in [2.45, 2.75) is 12.1 Å². The Balaban J connectivity index is 2.13. The number of nitrogens with one attached hydrogen (secondary N) is 1. The van der Waals surface area contributed by atoms with Crippen LogP contribution in [0.3, 0.4) is 0 Å². The largest absolute Gasteiger partial charge is 0.388 e. The molecule has 3 heterocycles. The fourth-order valence-electron chi connectivity index (χ4n) is 2.15. The number of ether oxygens (including phenoxy) is 1. The fraction of sp³-hybridized carbons (Fsp3) is 0.417. The van der Waals surface area contributed by atoms with Gasteiger partial charge in [0, 0.05) is 13.2 Å². The predicted octanol–water partition coefficient (Wildman–Crippen LogP) is 0.263. The molecule has 0 aromatic carbocycles. The van der Waals surface area contributed by atoms with E-state index in [0.29, 0.717) is 27.8 Å². The highest BCUT2D eigenvalue weighted by molar-refractivity contribution is 9.10. The van der Waals surface area contributed by atoms with E-state index in [9.17, 15) is 9.90 Å². The van der Waals surface area contributed by atoms with Crippen molar-refractivity contribution >= 4 is 32.7 Å². The van der Waals surface area contributed by atoms with E-state index in [4.69, 9.17) is 4.74 Å². The summed E-state index contributed by atoms with van der Waals surface area (Å²) >= 11 is 3.34. The zero-order valence-corrected chi connectivity index (χ0v) is 12.3. The van der Waals surface area contributed by atoms with E-state index < -0.39 is 6.10 Å². The van der Waals surface area contributed by atoms with Crippen LogP contribution >= 0.6 is 15.9 Å². The fourth-order valence-corrected chi connectivity index (χ4v) is 2.55. The molecule has 8 heteroatoms. The van der Waals surface area contributed by atoms with Gasteiger partial charge in [-0.3, -0.25) is 4.79 Å². The molecule has 0 aliphatic carbocycles. The van der Waals surface area contributed by atoms with Gasteiger partial charge in [-0.2, -0.15) is 0 Å². The normalized spacial score (nSPS) is 22.4. The lowest BCUT2D eigenvalue weighted by molar-refractivity contribution is 0.125. The van der Waals surface area contributed by atoms with Crippen LogP contribution < -0.4 is 10.9 Å². The summed E-state index contributed by atoms with van der Waals surface area (Å²) in [7, 11) is 1.63. The topological polar surface area (TPSA) is 89.3 Å². The summed E-state index contributed by atoms with van der Waals surface area (Å²) in [5.41, 5.74) is 0.346. The van der Waals surface area contributed by atoms with E-state index in [2.05, 4.69) is 31.2 Å². The summed E-state index contributed by atoms with van der Waals surface area (Å²) in [5.74, 6) is 0.409. The summed E-state index contributed by atoms with van der Waals surface area (Å²) in [4.78, 5) is 20.8. The number of hydrogen-bond acceptors (Lipinski definition) is 6. The van der Waals surface area contributed by atoms with Crippen LogP contribution in [0.15, 0.2) is 21.8 Å². The number of aliphatic hydroxyl groups excluding tert-OH is 1. The number of aryl methyl sites for hydroxylation is 1. The average molecular weight is 341 g/mol. The molecule has 2 aromatic heterocycles. The van der Waals surface area contributed by atoms with Crippen molar-refractivity contribution in [3.05, 3.63) is 27.4 Å². The zero-order valence-electron chi connectivity index (χ0n) is 10.7. The van der Waals surface area contributed by atoms with E-state index in [1.165, 1.54) is 10.9 Å². The lowest BCUT2D eigenvalue weighted by atomic mass is 10.2. The molecule has 0 unspecified atom stereocenters. The molecule has 20 heavy (non-hydrogen) atoms. The van der Waals surface area contributed by atoms with Crippen LogP contribution in [0.25, 0.3) is 10.9 Å². The average Bonchev–Trinajstić information content (AvgIpc) is 2.82. The molecule has 7 nitrogen and oxygen atoms in total. The maximum atomic E-state index is 12.3. The van der Waals surface area contributed by atoms with Gasteiger partial charge in [0.05, 0.1) is 41.7 Å². The number of halogens is 1. The number of aliphatic hydroxyl groups is 1. The first-order valence-corrected chi connectivity index (χ1v) is 6.89. The first-order chi connectivity index (χ1) is 9.58. The molecular formula is C12H13BrN4O3. The van der Waals surface area contributed by atoms with Crippen molar-refractivity contribution < 1.29 is 9.84 Å². The highest BCUT2D eigenvalue weighted by Gasteiger charge is 2.27. The monoisotopic (exact) mass is 340 g/mol. The minimum atomic E-state index is -0.615. The lowest BCUT2D eigenvalue weighted by Crippen LogP contribution is -2.33. The third-order valence-corrected chi connectivity index (χ3v) is 3.85. The maximum Gasteiger partial charge on any atom is 0.264 e. The van der Waals surface area contributed by atoms with Crippen molar-refractivity contribution in [1.29, 1.82) is 0 Å². The molecule has 0 bridgehead atoms. The quantitative estimate of drug-likeness (QED) is 0.815. The van der Waals surface area contributed by atoms with Crippen molar-refractivity contribution in [2.75, 3.05) is 18.5 Å². The number of pyridine rings is 1. The molecular weight excluding hydrogens is 328 g/mol. The van der Waals surface area contributed by atoms with E-state index in [0.717, 1.165) is 0 Å². The number of nitrogens with zero attached hydrogens (tertiary/aromatic N) is 3. The van der Waals surface area contributed by atoms with Gasteiger partial charge in [-0.15, -0.1) is 0 Å². The summed E-state index contributed by atoms with van der Waals surface area (Å²) in [6.07, 6.45) is 2.43. The van der Waals surface area contributed by atoms with Crippen LogP contribution in [0, 0.1) is 0 Å². The van der Waals surface area contributed by atoms with Gasteiger partial charge < -0.3 is 19.7 Å². The van der Waals surface area contributed by atoms with Gasteiger partial charge in [0.15, 0.2) is 0 Å². The van der Waals surface area contributed by atoms with Crippen LogP contribution in [0.4, 0.5) is 5.82 Å². The maximum absolute atomic E-state index is 12.3. The van der Waals surface area contributed by atoms with E-state index in [1.54, 1.807) is 13.2 Å². The number of aromatic nitrogens is 3. The van der Waals surface area contributed by atoms with Crippen molar-refractivity contribution in [3.8, 4) is 0 Å². The zero-order chi connectivity index (χ0) is 14.3. The second kappa shape index (κ2) is 5.12. The van der Waals surface area contributed by atoms with E-state index >= 15 is 0 Å².